The molecule has 3 rings (SSSR count). The number of carbonyl (C=O) groups is 1. The average Bonchev–Trinajstić information content (AvgIpc) is 2.70. The van der Waals surface area contributed by atoms with Crippen molar-refractivity contribution in [1.82, 2.24) is 0 Å². The summed E-state index contributed by atoms with van der Waals surface area (Å²) >= 11 is 5.85. The summed E-state index contributed by atoms with van der Waals surface area (Å²) in [5.74, 6) is -0.304. The molecule has 7 heteroatoms. The van der Waals surface area contributed by atoms with Crippen molar-refractivity contribution < 1.29 is 13.2 Å². The summed E-state index contributed by atoms with van der Waals surface area (Å²) in [6, 6.07) is 18.2. The van der Waals surface area contributed by atoms with Crippen molar-refractivity contribution in [3.63, 3.8) is 0 Å². The van der Waals surface area contributed by atoms with Gasteiger partial charge in [-0.05, 0) is 67.4 Å². The zero-order chi connectivity index (χ0) is 21.2. The molecule has 29 heavy (non-hydrogen) atoms. The van der Waals surface area contributed by atoms with Crippen molar-refractivity contribution >= 4 is 38.9 Å². The number of benzene rings is 3. The minimum atomic E-state index is -3.78. The Hall–Kier alpha value is -2.83. The third-order valence-electron chi connectivity index (χ3n) is 4.66. The van der Waals surface area contributed by atoms with Gasteiger partial charge in [-0.1, -0.05) is 35.9 Å². The molecule has 0 aliphatic rings. The van der Waals surface area contributed by atoms with Crippen molar-refractivity contribution in [2.24, 2.45) is 0 Å². The Morgan fingerprint density at radius 1 is 0.931 bits per heavy atom. The number of nitrogens with zero attached hydrogens (tertiary/aromatic N) is 1. The minimum absolute atomic E-state index is 0.120. The number of sulfonamides is 1. The number of anilines is 2. The third-order valence-corrected chi connectivity index (χ3v) is 6.72. The van der Waals surface area contributed by atoms with Gasteiger partial charge in [0.05, 0.1) is 10.6 Å². The number of halogens is 1. The lowest BCUT2D eigenvalue weighted by Crippen LogP contribution is -2.27. The number of hydrogen-bond acceptors (Lipinski definition) is 3. The minimum Gasteiger partial charge on any atom is -0.322 e. The first-order valence-electron chi connectivity index (χ1n) is 8.92. The third kappa shape index (κ3) is 4.44. The number of hydrogen-bond donors (Lipinski definition) is 1. The number of para-hydroxylation sites is 1. The highest BCUT2D eigenvalue weighted by atomic mass is 35.5. The van der Waals surface area contributed by atoms with Crippen molar-refractivity contribution in [2.75, 3.05) is 16.7 Å². The van der Waals surface area contributed by atoms with Crippen LogP contribution in [0.1, 0.15) is 21.5 Å². The van der Waals surface area contributed by atoms with Gasteiger partial charge in [0.15, 0.2) is 0 Å². The van der Waals surface area contributed by atoms with Gasteiger partial charge in [-0.15, -0.1) is 0 Å². The fourth-order valence-electron chi connectivity index (χ4n) is 2.94. The normalized spacial score (nSPS) is 11.2. The van der Waals surface area contributed by atoms with Crippen molar-refractivity contribution in [2.45, 2.75) is 18.7 Å². The van der Waals surface area contributed by atoms with Gasteiger partial charge < -0.3 is 5.32 Å². The predicted molar refractivity (Wildman–Crippen MR) is 117 cm³/mol. The maximum atomic E-state index is 12.9. The number of carbonyl (C=O) groups excluding carboxylic acids is 1. The van der Waals surface area contributed by atoms with E-state index >= 15 is 0 Å². The molecule has 0 bridgehead atoms. The summed E-state index contributed by atoms with van der Waals surface area (Å²) < 4.78 is 26.9. The Morgan fingerprint density at radius 2 is 1.52 bits per heavy atom. The average molecular weight is 429 g/mol. The first-order chi connectivity index (χ1) is 13.7. The lowest BCUT2D eigenvalue weighted by Gasteiger charge is -2.20. The van der Waals surface area contributed by atoms with E-state index in [9.17, 15) is 13.2 Å². The fraction of sp³-hybridized carbons (Fsp3) is 0.136. The van der Waals surface area contributed by atoms with Gasteiger partial charge in [-0.3, -0.25) is 9.10 Å². The molecule has 150 valence electrons. The fourth-order valence-corrected chi connectivity index (χ4v) is 4.26. The lowest BCUT2D eigenvalue weighted by atomic mass is 10.1. The van der Waals surface area contributed by atoms with E-state index in [1.165, 1.54) is 31.3 Å². The molecular formula is C22H21ClN2O3S. The van der Waals surface area contributed by atoms with E-state index in [1.54, 1.807) is 24.3 Å². The highest BCUT2D eigenvalue weighted by Gasteiger charge is 2.22. The number of amides is 1. The summed E-state index contributed by atoms with van der Waals surface area (Å²) in [4.78, 5) is 12.9. The molecule has 5 nitrogen and oxygen atoms in total. The second kappa shape index (κ2) is 8.27. The second-order valence-electron chi connectivity index (χ2n) is 6.70. The van der Waals surface area contributed by atoms with Crippen LogP contribution < -0.4 is 9.62 Å². The summed E-state index contributed by atoms with van der Waals surface area (Å²) in [6.07, 6.45) is 0. The molecule has 1 amide bonds. The Bertz CT molecular complexity index is 1140. The maximum Gasteiger partial charge on any atom is 0.264 e. The van der Waals surface area contributed by atoms with Crippen LogP contribution in [0.5, 0.6) is 0 Å². The maximum absolute atomic E-state index is 12.9. The summed E-state index contributed by atoms with van der Waals surface area (Å²) in [5, 5.41) is 3.37. The Labute approximate surface area is 176 Å². The zero-order valence-corrected chi connectivity index (χ0v) is 17.9. The van der Waals surface area contributed by atoms with Gasteiger partial charge in [0, 0.05) is 23.3 Å². The number of nitrogens with one attached hydrogen (secondary N) is 1. The Kier molecular flexibility index (Phi) is 5.96. The molecule has 0 aromatic heterocycles. The second-order valence-corrected chi connectivity index (χ2v) is 9.10. The smallest absolute Gasteiger partial charge is 0.264 e. The highest BCUT2D eigenvalue weighted by molar-refractivity contribution is 7.92. The summed E-state index contributed by atoms with van der Waals surface area (Å²) in [5.41, 5.74) is 3.41. The molecular weight excluding hydrogens is 408 g/mol. The Morgan fingerprint density at radius 3 is 2.14 bits per heavy atom. The van der Waals surface area contributed by atoms with Crippen LogP contribution >= 0.6 is 11.6 Å². The van der Waals surface area contributed by atoms with E-state index in [2.05, 4.69) is 5.32 Å². The van der Waals surface area contributed by atoms with Crippen LogP contribution in [0.2, 0.25) is 5.02 Å². The predicted octanol–water partition coefficient (Wildman–Crippen LogP) is 5.03. The summed E-state index contributed by atoms with van der Waals surface area (Å²) in [7, 11) is -2.33. The van der Waals surface area contributed by atoms with Gasteiger partial charge in [0.1, 0.15) is 0 Å². The molecule has 0 saturated carbocycles. The monoisotopic (exact) mass is 428 g/mol. The van der Waals surface area contributed by atoms with Crippen LogP contribution in [0.15, 0.2) is 71.6 Å². The molecule has 1 N–H and O–H groups in total. The molecule has 0 atom stereocenters. The quantitative estimate of drug-likeness (QED) is 0.619. The molecule has 3 aromatic rings. The van der Waals surface area contributed by atoms with Crippen LogP contribution in [-0.4, -0.2) is 21.4 Å². The van der Waals surface area contributed by atoms with Crippen LogP contribution in [-0.2, 0) is 10.0 Å². The molecule has 0 aliphatic carbocycles. The largest absolute Gasteiger partial charge is 0.322 e. The number of rotatable bonds is 5. The molecule has 0 radical (unpaired) electrons. The Balaban J connectivity index is 1.89. The van der Waals surface area contributed by atoms with Gasteiger partial charge in [0.2, 0.25) is 0 Å². The first kappa shape index (κ1) is 20.9. The molecule has 0 saturated heterocycles. The molecule has 3 aromatic carbocycles. The van der Waals surface area contributed by atoms with Crippen molar-refractivity contribution in [3.8, 4) is 0 Å². The summed E-state index contributed by atoms with van der Waals surface area (Å²) in [6.45, 7) is 3.84. The molecule has 0 fully saturated rings. The van der Waals surface area contributed by atoms with Crippen LogP contribution in [0.3, 0.4) is 0 Å². The van der Waals surface area contributed by atoms with E-state index in [4.69, 9.17) is 11.6 Å². The zero-order valence-electron chi connectivity index (χ0n) is 16.3. The molecule has 0 unspecified atom stereocenters. The van der Waals surface area contributed by atoms with Gasteiger partial charge in [0.25, 0.3) is 15.9 Å². The van der Waals surface area contributed by atoms with Gasteiger partial charge >= 0.3 is 0 Å². The topological polar surface area (TPSA) is 66.5 Å². The van der Waals surface area contributed by atoms with E-state index in [0.29, 0.717) is 16.3 Å². The highest BCUT2D eigenvalue weighted by Crippen LogP contribution is 2.25. The van der Waals surface area contributed by atoms with E-state index in [1.807, 2.05) is 32.0 Å². The molecule has 0 aliphatic heterocycles. The van der Waals surface area contributed by atoms with Crippen LogP contribution in [0.25, 0.3) is 0 Å². The van der Waals surface area contributed by atoms with E-state index in [-0.39, 0.29) is 10.8 Å². The van der Waals surface area contributed by atoms with Crippen molar-refractivity contribution in [1.29, 1.82) is 0 Å². The standard InChI is InChI=1S/C22H21ClN2O3S/c1-15-6-4-7-16(2)21(15)24-22(26)17-8-5-9-19(14-17)25(3)29(27,28)20-12-10-18(23)11-13-20/h4-14H,1-3H3,(H,24,26). The van der Waals surface area contributed by atoms with Crippen molar-refractivity contribution in [3.05, 3.63) is 88.4 Å². The molecule has 0 spiro atoms. The van der Waals surface area contributed by atoms with E-state index in [0.717, 1.165) is 21.1 Å². The van der Waals surface area contributed by atoms with Gasteiger partial charge in [-0.25, -0.2) is 8.42 Å². The SMILES string of the molecule is Cc1cccc(C)c1NC(=O)c1cccc(N(C)S(=O)(=O)c2ccc(Cl)cc2)c1. The van der Waals surface area contributed by atoms with Gasteiger partial charge in [-0.2, -0.15) is 0 Å². The molecule has 0 heterocycles. The first-order valence-corrected chi connectivity index (χ1v) is 10.7. The van der Waals surface area contributed by atoms with E-state index < -0.39 is 10.0 Å². The number of aryl methyl sites for hydroxylation is 2. The lowest BCUT2D eigenvalue weighted by molar-refractivity contribution is 0.102. The van der Waals surface area contributed by atoms with Crippen LogP contribution in [0.4, 0.5) is 11.4 Å². The van der Waals surface area contributed by atoms with Crippen LogP contribution in [0, 0.1) is 13.8 Å².